The van der Waals surface area contributed by atoms with Crippen molar-refractivity contribution in [2.24, 2.45) is 4.99 Å². The molecule has 0 unspecified atom stereocenters. The van der Waals surface area contributed by atoms with Crippen molar-refractivity contribution in [3.8, 4) is 0 Å². The van der Waals surface area contributed by atoms with E-state index < -0.39 is 10.0 Å². The van der Waals surface area contributed by atoms with Gasteiger partial charge in [-0.1, -0.05) is 12.1 Å². The average Bonchev–Trinajstić information content (AvgIpc) is 2.84. The van der Waals surface area contributed by atoms with Crippen molar-refractivity contribution < 1.29 is 8.42 Å². The van der Waals surface area contributed by atoms with E-state index >= 15 is 0 Å². The van der Waals surface area contributed by atoms with Gasteiger partial charge in [-0.25, -0.2) is 13.4 Å². The molecule has 2 N–H and O–H groups in total. The fourth-order valence-corrected chi connectivity index (χ4v) is 3.36. The maximum Gasteiger partial charge on any atom is 0.267 e. The highest BCUT2D eigenvalue weighted by atomic mass is 32.2. The topological polar surface area (TPSA) is 93.6 Å². The minimum Gasteiger partial charge on any atom is -0.382 e. The second-order valence-corrected chi connectivity index (χ2v) is 6.19. The number of aromatic nitrogens is 2. The first-order valence-electron chi connectivity index (χ1n) is 6.01. The Morgan fingerprint density at radius 2 is 1.95 bits per heavy atom. The molecule has 0 amide bonds. The highest BCUT2D eigenvalue weighted by molar-refractivity contribution is 7.89. The van der Waals surface area contributed by atoms with Crippen LogP contribution in [0.4, 0.5) is 11.5 Å². The van der Waals surface area contributed by atoms with Crippen LogP contribution in [0.1, 0.15) is 0 Å². The van der Waals surface area contributed by atoms with Gasteiger partial charge in [0.2, 0.25) is 0 Å². The lowest BCUT2D eigenvalue weighted by molar-refractivity contribution is 0.484. The van der Waals surface area contributed by atoms with Crippen molar-refractivity contribution >= 4 is 27.9 Å². The van der Waals surface area contributed by atoms with Gasteiger partial charge in [-0.15, -0.1) is 0 Å². The zero-order chi connectivity index (χ0) is 14.2. The minimum atomic E-state index is -3.53. The Labute approximate surface area is 116 Å². The largest absolute Gasteiger partial charge is 0.382 e. The van der Waals surface area contributed by atoms with Crippen molar-refractivity contribution in [3.63, 3.8) is 0 Å². The molecule has 3 rings (SSSR count). The van der Waals surface area contributed by atoms with Crippen LogP contribution < -0.4 is 5.73 Å². The van der Waals surface area contributed by atoms with Gasteiger partial charge in [0, 0.05) is 6.20 Å². The summed E-state index contributed by atoms with van der Waals surface area (Å²) in [6.07, 6.45) is 3.04. The van der Waals surface area contributed by atoms with E-state index in [4.69, 9.17) is 5.73 Å². The molecular formula is C12H13N5O2S. The fourth-order valence-electron chi connectivity index (χ4n) is 1.98. The van der Waals surface area contributed by atoms with E-state index in [1.165, 1.54) is 10.6 Å². The predicted molar refractivity (Wildman–Crippen MR) is 75.1 cm³/mol. The molecule has 2 aromatic rings. The summed E-state index contributed by atoms with van der Waals surface area (Å²) in [6, 6.07) is 8.33. The van der Waals surface area contributed by atoms with Gasteiger partial charge in [0.05, 0.1) is 18.8 Å². The molecule has 1 aromatic heterocycles. The van der Waals surface area contributed by atoms with Crippen molar-refractivity contribution in [2.75, 3.05) is 12.3 Å². The number of para-hydroxylation sites is 1. The van der Waals surface area contributed by atoms with E-state index in [2.05, 4.69) is 10.1 Å². The summed E-state index contributed by atoms with van der Waals surface area (Å²) in [4.78, 5) is 4.38. The number of benzene rings is 1. The smallest absolute Gasteiger partial charge is 0.267 e. The lowest BCUT2D eigenvalue weighted by atomic mass is 10.3. The molecule has 104 valence electrons. The summed E-state index contributed by atoms with van der Waals surface area (Å²) in [5.74, 6) is 0.408. The van der Waals surface area contributed by atoms with Gasteiger partial charge in [0.25, 0.3) is 10.0 Å². The molecule has 0 saturated heterocycles. The molecule has 0 aliphatic carbocycles. The number of nitrogens with zero attached hydrogens (tertiary/aromatic N) is 4. The number of anilines is 1. The Hall–Kier alpha value is -2.35. The molecule has 0 atom stereocenters. The van der Waals surface area contributed by atoms with Crippen LogP contribution in [0.3, 0.4) is 0 Å². The monoisotopic (exact) mass is 291 g/mol. The zero-order valence-corrected chi connectivity index (χ0v) is 11.4. The van der Waals surface area contributed by atoms with Crippen molar-refractivity contribution in [3.05, 3.63) is 36.5 Å². The molecule has 8 heteroatoms. The molecule has 1 aliphatic rings. The maximum atomic E-state index is 12.4. The van der Waals surface area contributed by atoms with Gasteiger partial charge in [-0.2, -0.15) is 5.10 Å². The molecule has 2 heterocycles. The Balaban J connectivity index is 1.82. The SMILES string of the molecule is Nc1ccn(CCN2C=Nc3ccccc3S2(=O)=O)n1. The fraction of sp³-hybridized carbons (Fsp3) is 0.167. The molecule has 0 saturated carbocycles. The van der Waals surface area contributed by atoms with E-state index in [0.717, 1.165) is 0 Å². The van der Waals surface area contributed by atoms with Crippen LogP contribution in [0.5, 0.6) is 0 Å². The summed E-state index contributed by atoms with van der Waals surface area (Å²) >= 11 is 0. The second-order valence-electron chi connectivity index (χ2n) is 4.33. The number of hydrogen-bond acceptors (Lipinski definition) is 5. The first-order chi connectivity index (χ1) is 9.57. The van der Waals surface area contributed by atoms with E-state index in [1.807, 2.05) is 0 Å². The van der Waals surface area contributed by atoms with Gasteiger partial charge in [-0.05, 0) is 18.2 Å². The Morgan fingerprint density at radius 1 is 1.15 bits per heavy atom. The maximum absolute atomic E-state index is 12.4. The zero-order valence-electron chi connectivity index (χ0n) is 10.5. The van der Waals surface area contributed by atoms with Gasteiger partial charge >= 0.3 is 0 Å². The second kappa shape index (κ2) is 4.64. The standard InChI is InChI=1S/C12H13N5O2S/c13-12-5-6-16(15-12)7-8-17-9-14-10-3-1-2-4-11(10)20(17,18)19/h1-6,9H,7-8H2,(H2,13,15). The highest BCUT2D eigenvalue weighted by Crippen LogP contribution is 2.29. The molecule has 0 fully saturated rings. The first-order valence-corrected chi connectivity index (χ1v) is 7.45. The van der Waals surface area contributed by atoms with Crippen LogP contribution in [0, 0.1) is 0 Å². The van der Waals surface area contributed by atoms with Crippen molar-refractivity contribution in [1.29, 1.82) is 0 Å². The number of rotatable bonds is 3. The molecule has 20 heavy (non-hydrogen) atoms. The number of nitrogens with two attached hydrogens (primary N) is 1. The van der Waals surface area contributed by atoms with E-state index in [0.29, 0.717) is 18.1 Å². The van der Waals surface area contributed by atoms with Crippen LogP contribution in [-0.4, -0.2) is 35.4 Å². The summed E-state index contributed by atoms with van der Waals surface area (Å²) < 4.78 is 27.6. The van der Waals surface area contributed by atoms with Crippen molar-refractivity contribution in [1.82, 2.24) is 14.1 Å². The van der Waals surface area contributed by atoms with Crippen molar-refractivity contribution in [2.45, 2.75) is 11.4 Å². The number of nitrogen functional groups attached to an aromatic ring is 1. The Bertz CT molecular complexity index is 766. The number of sulfonamides is 1. The third kappa shape index (κ3) is 2.14. The molecule has 7 nitrogen and oxygen atoms in total. The van der Waals surface area contributed by atoms with Gasteiger partial charge < -0.3 is 5.73 Å². The number of fused-ring (bicyclic) bond motifs is 1. The Morgan fingerprint density at radius 3 is 2.70 bits per heavy atom. The normalized spacial score (nSPS) is 16.1. The third-order valence-corrected chi connectivity index (χ3v) is 4.78. The number of aliphatic imine (C=N–C) groups is 1. The minimum absolute atomic E-state index is 0.225. The quantitative estimate of drug-likeness (QED) is 0.906. The molecule has 0 bridgehead atoms. The average molecular weight is 291 g/mol. The van der Waals surface area contributed by atoms with E-state index in [-0.39, 0.29) is 11.4 Å². The summed E-state index contributed by atoms with van der Waals surface area (Å²) in [5, 5.41) is 4.02. The van der Waals surface area contributed by atoms with Crippen LogP contribution in [0.15, 0.2) is 46.4 Å². The van der Waals surface area contributed by atoms with Gasteiger partial charge in [-0.3, -0.25) is 8.99 Å². The predicted octanol–water partition coefficient (Wildman–Crippen LogP) is 0.830. The van der Waals surface area contributed by atoms with Crippen LogP contribution in [0.2, 0.25) is 0 Å². The molecule has 0 spiro atoms. The Kier molecular flexibility index (Phi) is 2.94. The lowest BCUT2D eigenvalue weighted by Crippen LogP contribution is -2.34. The number of hydrogen-bond donors (Lipinski definition) is 1. The summed E-state index contributed by atoms with van der Waals surface area (Å²) in [7, 11) is -3.53. The molecule has 1 aromatic carbocycles. The van der Waals surface area contributed by atoms with Crippen LogP contribution >= 0.6 is 0 Å². The molecule has 0 radical (unpaired) electrons. The summed E-state index contributed by atoms with van der Waals surface area (Å²) in [5.41, 5.74) is 5.98. The van der Waals surface area contributed by atoms with E-state index in [9.17, 15) is 8.42 Å². The van der Waals surface area contributed by atoms with Crippen LogP contribution in [-0.2, 0) is 16.6 Å². The summed E-state index contributed by atoms with van der Waals surface area (Å²) in [6.45, 7) is 0.659. The molecule has 1 aliphatic heterocycles. The van der Waals surface area contributed by atoms with E-state index in [1.54, 1.807) is 41.2 Å². The highest BCUT2D eigenvalue weighted by Gasteiger charge is 2.27. The first kappa shape index (κ1) is 12.7. The van der Waals surface area contributed by atoms with Crippen LogP contribution in [0.25, 0.3) is 0 Å². The van der Waals surface area contributed by atoms with Gasteiger partial charge in [0.15, 0.2) is 0 Å². The lowest BCUT2D eigenvalue weighted by Gasteiger charge is -2.23. The van der Waals surface area contributed by atoms with Gasteiger partial charge in [0.1, 0.15) is 17.1 Å². The third-order valence-electron chi connectivity index (χ3n) is 2.99. The molecular weight excluding hydrogens is 278 g/mol.